The number of alkyl carbamates (subject to hydrolysis) is 1. The van der Waals surface area contributed by atoms with Crippen molar-refractivity contribution in [3.63, 3.8) is 0 Å². The average Bonchev–Trinajstić information content (AvgIpc) is 3.23. The second-order valence-electron chi connectivity index (χ2n) is 15.2. The molecule has 1 spiro atoms. The molecule has 228 valence electrons. The van der Waals surface area contributed by atoms with Gasteiger partial charge in [0.15, 0.2) is 0 Å². The summed E-state index contributed by atoms with van der Waals surface area (Å²) in [6.07, 6.45) is 8.41. The number of aliphatic carboxylic acids is 1. The van der Waals surface area contributed by atoms with Crippen LogP contribution in [0.2, 0.25) is 0 Å². The Hall–Kier alpha value is -2.32. The van der Waals surface area contributed by atoms with E-state index in [-0.39, 0.29) is 22.7 Å². The van der Waals surface area contributed by atoms with E-state index in [2.05, 4.69) is 24.5 Å². The molecule has 2 saturated carbocycles. The maximum atomic E-state index is 14.2. The van der Waals surface area contributed by atoms with Crippen molar-refractivity contribution in [2.75, 3.05) is 6.54 Å². The van der Waals surface area contributed by atoms with E-state index >= 15 is 0 Å². The zero-order valence-electron chi connectivity index (χ0n) is 26.0. The van der Waals surface area contributed by atoms with Crippen LogP contribution in [0.3, 0.4) is 0 Å². The van der Waals surface area contributed by atoms with Crippen LogP contribution in [-0.2, 0) is 19.1 Å². The number of amides is 3. The highest BCUT2D eigenvalue weighted by Gasteiger charge is 2.57. The number of nitrogens with one attached hydrogen (secondary N) is 2. The second kappa shape index (κ2) is 11.9. The van der Waals surface area contributed by atoms with Crippen molar-refractivity contribution in [1.29, 1.82) is 0 Å². The van der Waals surface area contributed by atoms with Crippen LogP contribution in [0.4, 0.5) is 4.79 Å². The van der Waals surface area contributed by atoms with Crippen LogP contribution < -0.4 is 10.6 Å². The van der Waals surface area contributed by atoms with Gasteiger partial charge in [0.25, 0.3) is 0 Å². The largest absolute Gasteiger partial charge is 0.480 e. The van der Waals surface area contributed by atoms with Crippen LogP contribution in [0.5, 0.6) is 0 Å². The molecule has 1 heterocycles. The number of ether oxygens (including phenoxy) is 1. The lowest BCUT2D eigenvalue weighted by atomic mass is 9.57. The number of likely N-dealkylation sites (tertiary alicyclic amines) is 1. The van der Waals surface area contributed by atoms with E-state index in [0.717, 1.165) is 57.8 Å². The highest BCUT2D eigenvalue weighted by Crippen LogP contribution is 2.57. The van der Waals surface area contributed by atoms with Gasteiger partial charge in [0.05, 0.1) is 0 Å². The molecular formula is C31H53N3O6. The van der Waals surface area contributed by atoms with Crippen LogP contribution in [0.25, 0.3) is 0 Å². The molecule has 0 unspecified atom stereocenters. The highest BCUT2D eigenvalue weighted by molar-refractivity contribution is 5.94. The zero-order chi connectivity index (χ0) is 30.1. The summed E-state index contributed by atoms with van der Waals surface area (Å²) in [7, 11) is 0. The highest BCUT2D eigenvalue weighted by atomic mass is 16.6. The van der Waals surface area contributed by atoms with E-state index in [1.165, 1.54) is 4.90 Å². The molecule has 3 aliphatic rings. The van der Waals surface area contributed by atoms with Gasteiger partial charge in [0.2, 0.25) is 11.8 Å². The standard InChI is InChI=1S/C31H53N3O6/c1-28(2,3)23(25(36)34-19-31(18-21(34)26(37)38)17-13-12-16-30(31,7)8)33-24(35)22(20-14-10-9-11-15-20)32-27(39)40-29(4,5)6/h20-23H,9-19H2,1-8H3,(H,32,39)(H,33,35)(H,37,38)/t21-,22-,23+,31-/m0/s1. The van der Waals surface area contributed by atoms with Crippen molar-refractivity contribution < 1.29 is 29.0 Å². The molecule has 3 fully saturated rings. The van der Waals surface area contributed by atoms with Crippen LogP contribution >= 0.6 is 0 Å². The molecule has 3 N–H and O–H groups in total. The van der Waals surface area contributed by atoms with Crippen molar-refractivity contribution in [2.24, 2.45) is 22.2 Å². The minimum absolute atomic E-state index is 0.0677. The summed E-state index contributed by atoms with van der Waals surface area (Å²) in [4.78, 5) is 54.8. The van der Waals surface area contributed by atoms with Gasteiger partial charge in [-0.2, -0.15) is 0 Å². The lowest BCUT2D eigenvalue weighted by molar-refractivity contribution is -0.151. The van der Waals surface area contributed by atoms with E-state index in [1.807, 2.05) is 20.8 Å². The molecule has 3 amide bonds. The summed E-state index contributed by atoms with van der Waals surface area (Å²) in [5.41, 5.74) is -1.75. The number of hydrogen-bond acceptors (Lipinski definition) is 5. The molecule has 1 aliphatic heterocycles. The monoisotopic (exact) mass is 563 g/mol. The molecule has 9 heteroatoms. The predicted molar refractivity (Wildman–Crippen MR) is 154 cm³/mol. The Balaban J connectivity index is 1.88. The first kappa shape index (κ1) is 32.2. The Morgan fingerprint density at radius 3 is 2.02 bits per heavy atom. The summed E-state index contributed by atoms with van der Waals surface area (Å²) < 4.78 is 5.46. The summed E-state index contributed by atoms with van der Waals surface area (Å²) in [6, 6.07) is -2.72. The van der Waals surface area contributed by atoms with Gasteiger partial charge < -0.3 is 25.4 Å². The smallest absolute Gasteiger partial charge is 0.408 e. The fourth-order valence-corrected chi connectivity index (χ4v) is 7.08. The van der Waals surface area contributed by atoms with E-state index in [9.17, 15) is 24.3 Å². The summed E-state index contributed by atoms with van der Waals surface area (Å²) in [6.45, 7) is 15.7. The normalized spacial score (nSPS) is 27.1. The molecule has 0 aromatic rings. The first-order chi connectivity index (χ1) is 18.4. The van der Waals surface area contributed by atoms with Crippen molar-refractivity contribution in [1.82, 2.24) is 15.5 Å². The van der Waals surface area contributed by atoms with E-state index in [1.54, 1.807) is 20.8 Å². The van der Waals surface area contributed by atoms with Crippen molar-refractivity contribution in [3.8, 4) is 0 Å². The number of hydrogen-bond donors (Lipinski definition) is 3. The minimum atomic E-state index is -1.00. The van der Waals surface area contributed by atoms with Gasteiger partial charge in [-0.25, -0.2) is 9.59 Å². The average molecular weight is 564 g/mol. The molecule has 1 saturated heterocycles. The Labute approximate surface area is 240 Å². The number of nitrogens with zero attached hydrogens (tertiary/aromatic N) is 1. The maximum absolute atomic E-state index is 14.2. The number of carbonyl (C=O) groups excluding carboxylic acids is 3. The van der Waals surface area contributed by atoms with Gasteiger partial charge in [0, 0.05) is 6.54 Å². The number of carbonyl (C=O) groups is 4. The maximum Gasteiger partial charge on any atom is 0.408 e. The first-order valence-electron chi connectivity index (χ1n) is 15.2. The van der Waals surface area contributed by atoms with Crippen molar-refractivity contribution in [3.05, 3.63) is 0 Å². The van der Waals surface area contributed by atoms with Gasteiger partial charge in [-0.15, -0.1) is 0 Å². The Bertz CT molecular complexity index is 959. The van der Waals surface area contributed by atoms with Crippen LogP contribution in [0.1, 0.15) is 120 Å². The zero-order valence-corrected chi connectivity index (χ0v) is 26.0. The molecule has 4 atom stereocenters. The number of carboxylic acid groups (broad SMARTS) is 1. The Morgan fingerprint density at radius 1 is 0.900 bits per heavy atom. The lowest BCUT2D eigenvalue weighted by Crippen LogP contribution is -2.61. The van der Waals surface area contributed by atoms with Gasteiger partial charge >= 0.3 is 12.1 Å². The quantitative estimate of drug-likeness (QED) is 0.405. The molecular weight excluding hydrogens is 510 g/mol. The van der Waals surface area contributed by atoms with E-state index in [4.69, 9.17) is 4.74 Å². The summed E-state index contributed by atoms with van der Waals surface area (Å²) in [5, 5.41) is 16.0. The topological polar surface area (TPSA) is 125 Å². The fraction of sp³-hybridized carbons (Fsp3) is 0.871. The molecule has 9 nitrogen and oxygen atoms in total. The summed E-state index contributed by atoms with van der Waals surface area (Å²) >= 11 is 0. The van der Waals surface area contributed by atoms with Gasteiger partial charge in [-0.1, -0.05) is 66.7 Å². The fourth-order valence-electron chi connectivity index (χ4n) is 7.08. The third-order valence-corrected chi connectivity index (χ3v) is 9.62. The third kappa shape index (κ3) is 7.30. The van der Waals surface area contributed by atoms with Gasteiger partial charge in [-0.05, 0) is 75.0 Å². The first-order valence-corrected chi connectivity index (χ1v) is 15.2. The molecule has 3 rings (SSSR count). The lowest BCUT2D eigenvalue weighted by Gasteiger charge is -2.48. The van der Waals surface area contributed by atoms with E-state index in [0.29, 0.717) is 13.0 Å². The number of rotatable bonds is 6. The Morgan fingerprint density at radius 2 is 1.50 bits per heavy atom. The van der Waals surface area contributed by atoms with Gasteiger partial charge in [-0.3, -0.25) is 9.59 Å². The van der Waals surface area contributed by atoms with Crippen LogP contribution in [0, 0.1) is 22.2 Å². The second-order valence-corrected chi connectivity index (χ2v) is 15.2. The molecule has 0 aromatic carbocycles. The third-order valence-electron chi connectivity index (χ3n) is 9.62. The van der Waals surface area contributed by atoms with Crippen molar-refractivity contribution in [2.45, 2.75) is 143 Å². The van der Waals surface area contributed by atoms with Crippen LogP contribution in [-0.4, -0.2) is 64.2 Å². The Kier molecular flexibility index (Phi) is 9.57. The predicted octanol–water partition coefficient (Wildman–Crippen LogP) is 5.26. The molecule has 0 aromatic heterocycles. The molecule has 2 aliphatic carbocycles. The minimum Gasteiger partial charge on any atom is -0.480 e. The number of carboxylic acids is 1. The molecule has 40 heavy (non-hydrogen) atoms. The van der Waals surface area contributed by atoms with Crippen LogP contribution in [0.15, 0.2) is 0 Å². The molecule has 0 bridgehead atoms. The summed E-state index contributed by atoms with van der Waals surface area (Å²) in [5.74, 6) is -1.87. The SMILES string of the molecule is CC(C)(C)OC(=O)N[C@H](C(=O)N[C@H](C(=O)N1C[C@]2(CCCCC2(C)C)C[C@H]1C(=O)O)C(C)(C)C)C1CCCCC1. The molecule has 0 radical (unpaired) electrons. The van der Waals surface area contributed by atoms with Crippen molar-refractivity contribution >= 4 is 23.9 Å². The van der Waals surface area contributed by atoms with E-state index < -0.39 is 47.1 Å². The van der Waals surface area contributed by atoms with Gasteiger partial charge in [0.1, 0.15) is 23.7 Å².